The Hall–Kier alpha value is -0.350. The van der Waals surface area contributed by atoms with E-state index in [1.807, 2.05) is 0 Å². The largest absolute Gasteiger partial charge is 1.00 e. The van der Waals surface area contributed by atoms with E-state index in [-0.39, 0.29) is 23.0 Å². The summed E-state index contributed by atoms with van der Waals surface area (Å²) >= 11 is 0. The molecule has 0 unspecified atom stereocenters. The van der Waals surface area contributed by atoms with Gasteiger partial charge in [-0.25, -0.2) is 4.79 Å². The monoisotopic (exact) mass is 489 g/mol. The summed E-state index contributed by atoms with van der Waals surface area (Å²) < 4.78 is 6.14. The molecule has 0 bridgehead atoms. The number of carbonyl (C=O) groups is 1. The van der Waals surface area contributed by atoms with Gasteiger partial charge in [0.15, 0.2) is 0 Å². The maximum Gasteiger partial charge on any atom is 0.333 e. The first-order chi connectivity index (χ1) is 13.9. The number of hydrogen-bond acceptors (Lipinski definition) is 2. The van der Waals surface area contributed by atoms with Gasteiger partial charge in [0.25, 0.3) is 0 Å². The highest BCUT2D eigenvalue weighted by atomic mass is 79.9. The standard InChI is InChI=1S/C26H52NO2.BrH/c1-6-7-8-9-10-11-12-13-14-15-16-17-18-19-20-21-22-27(4,5)23-24-29-26(28)25(2)3;/h2,6-24H2,1,3-5H3;1H/q+1;/p-1. The topological polar surface area (TPSA) is 26.3 Å². The molecule has 0 saturated carbocycles. The number of quaternary nitrogens is 1. The highest BCUT2D eigenvalue weighted by Crippen LogP contribution is 2.14. The third-order valence-corrected chi connectivity index (χ3v) is 5.90. The fourth-order valence-corrected chi connectivity index (χ4v) is 3.71. The van der Waals surface area contributed by atoms with E-state index in [0.29, 0.717) is 12.2 Å². The summed E-state index contributed by atoms with van der Waals surface area (Å²) in [6, 6.07) is 0. The minimum Gasteiger partial charge on any atom is -1.00 e. The Morgan fingerprint density at radius 3 is 1.43 bits per heavy atom. The lowest BCUT2D eigenvalue weighted by atomic mass is 10.0. The second-order valence-corrected chi connectivity index (χ2v) is 9.60. The maximum absolute atomic E-state index is 11.4. The van der Waals surface area contributed by atoms with E-state index in [1.165, 1.54) is 103 Å². The van der Waals surface area contributed by atoms with Gasteiger partial charge in [-0.2, -0.15) is 0 Å². The average Bonchev–Trinajstić information content (AvgIpc) is 2.67. The molecule has 0 atom stereocenters. The van der Waals surface area contributed by atoms with Gasteiger partial charge in [0, 0.05) is 5.57 Å². The number of ether oxygens (including phenoxy) is 1. The van der Waals surface area contributed by atoms with Crippen molar-refractivity contribution < 1.29 is 31.0 Å². The van der Waals surface area contributed by atoms with Crippen molar-refractivity contribution in [3.05, 3.63) is 12.2 Å². The zero-order valence-electron chi connectivity index (χ0n) is 20.8. The van der Waals surface area contributed by atoms with E-state index in [2.05, 4.69) is 27.6 Å². The minimum absolute atomic E-state index is 0. The van der Waals surface area contributed by atoms with E-state index in [1.54, 1.807) is 6.92 Å². The van der Waals surface area contributed by atoms with E-state index in [4.69, 9.17) is 4.74 Å². The third-order valence-electron chi connectivity index (χ3n) is 5.90. The second-order valence-electron chi connectivity index (χ2n) is 9.60. The summed E-state index contributed by atoms with van der Waals surface area (Å²) in [6.45, 7) is 10.1. The Kier molecular flexibility index (Phi) is 23.2. The summed E-state index contributed by atoms with van der Waals surface area (Å²) in [5, 5.41) is 0. The third kappa shape index (κ3) is 22.3. The van der Waals surface area contributed by atoms with Crippen LogP contribution in [0.1, 0.15) is 117 Å². The van der Waals surface area contributed by atoms with Gasteiger partial charge >= 0.3 is 5.97 Å². The number of unbranched alkanes of at least 4 members (excludes halogenated alkanes) is 15. The fraction of sp³-hybridized carbons (Fsp3) is 0.885. The molecule has 0 saturated heterocycles. The molecule has 0 radical (unpaired) electrons. The zero-order valence-corrected chi connectivity index (χ0v) is 22.4. The Labute approximate surface area is 199 Å². The molecule has 0 aliphatic rings. The summed E-state index contributed by atoms with van der Waals surface area (Å²) in [5.74, 6) is -0.271. The smallest absolute Gasteiger partial charge is 0.333 e. The Morgan fingerprint density at radius 2 is 1.07 bits per heavy atom. The van der Waals surface area contributed by atoms with Crippen molar-refractivity contribution in [2.75, 3.05) is 33.8 Å². The molecule has 30 heavy (non-hydrogen) atoms. The van der Waals surface area contributed by atoms with Gasteiger partial charge in [-0.3, -0.25) is 0 Å². The molecule has 0 aromatic rings. The van der Waals surface area contributed by atoms with E-state index < -0.39 is 0 Å². The van der Waals surface area contributed by atoms with Crippen molar-refractivity contribution in [1.82, 2.24) is 0 Å². The predicted molar refractivity (Wildman–Crippen MR) is 127 cm³/mol. The van der Waals surface area contributed by atoms with Crippen LogP contribution in [0.3, 0.4) is 0 Å². The normalized spacial score (nSPS) is 11.2. The van der Waals surface area contributed by atoms with Crippen molar-refractivity contribution in [3.63, 3.8) is 0 Å². The number of esters is 1. The van der Waals surface area contributed by atoms with E-state index in [0.717, 1.165) is 17.6 Å². The van der Waals surface area contributed by atoms with E-state index in [9.17, 15) is 4.79 Å². The van der Waals surface area contributed by atoms with Crippen LogP contribution in [-0.4, -0.2) is 44.2 Å². The number of nitrogens with zero attached hydrogens (tertiary/aromatic N) is 1. The molecular formula is C26H52BrNO2. The van der Waals surface area contributed by atoms with Gasteiger partial charge in [0.1, 0.15) is 13.2 Å². The molecule has 0 spiro atoms. The van der Waals surface area contributed by atoms with Crippen LogP contribution in [0.5, 0.6) is 0 Å². The van der Waals surface area contributed by atoms with Gasteiger partial charge in [-0.05, 0) is 19.8 Å². The molecule has 0 aliphatic heterocycles. The van der Waals surface area contributed by atoms with Gasteiger partial charge in [-0.15, -0.1) is 0 Å². The molecule has 3 nitrogen and oxygen atoms in total. The quantitative estimate of drug-likeness (QED) is 0.103. The number of carbonyl (C=O) groups excluding carboxylic acids is 1. The molecular weight excluding hydrogens is 438 g/mol. The van der Waals surface area contributed by atoms with Gasteiger partial charge in [-0.1, -0.05) is 103 Å². The lowest BCUT2D eigenvalue weighted by Gasteiger charge is -2.29. The van der Waals surface area contributed by atoms with Crippen LogP contribution in [0, 0.1) is 0 Å². The first-order valence-electron chi connectivity index (χ1n) is 12.5. The van der Waals surface area contributed by atoms with Crippen LogP contribution < -0.4 is 17.0 Å². The molecule has 4 heteroatoms. The average molecular weight is 491 g/mol. The maximum atomic E-state index is 11.4. The molecule has 0 heterocycles. The molecule has 0 N–H and O–H groups in total. The van der Waals surface area contributed by atoms with Crippen LogP contribution >= 0.6 is 0 Å². The Balaban J connectivity index is 0. The number of halogens is 1. The zero-order chi connectivity index (χ0) is 21.8. The SMILES string of the molecule is C=C(C)C(=O)OCC[N+](C)(C)CCCCCCCCCCCCCCCCCC.[Br-]. The molecule has 0 aromatic carbocycles. The van der Waals surface area contributed by atoms with E-state index >= 15 is 0 Å². The highest BCUT2D eigenvalue weighted by Gasteiger charge is 2.15. The first-order valence-corrected chi connectivity index (χ1v) is 12.5. The summed E-state index contributed by atoms with van der Waals surface area (Å²) in [7, 11) is 4.44. The highest BCUT2D eigenvalue weighted by molar-refractivity contribution is 5.86. The Bertz CT molecular complexity index is 410. The predicted octanol–water partition coefficient (Wildman–Crippen LogP) is 4.45. The van der Waals surface area contributed by atoms with Crippen LogP contribution in [0.25, 0.3) is 0 Å². The Morgan fingerprint density at radius 1 is 0.700 bits per heavy atom. The summed E-state index contributed by atoms with van der Waals surface area (Å²) in [5.41, 5.74) is 0.480. The van der Waals surface area contributed by atoms with Gasteiger partial charge in [0.05, 0.1) is 20.6 Å². The van der Waals surface area contributed by atoms with Crippen molar-refractivity contribution in [3.8, 4) is 0 Å². The van der Waals surface area contributed by atoms with Crippen molar-refractivity contribution in [1.29, 1.82) is 0 Å². The molecule has 0 aliphatic carbocycles. The van der Waals surface area contributed by atoms with Crippen molar-refractivity contribution in [2.45, 2.75) is 117 Å². The van der Waals surface area contributed by atoms with Crippen LogP contribution in [0.2, 0.25) is 0 Å². The first kappa shape index (κ1) is 31.8. The lowest BCUT2D eigenvalue weighted by molar-refractivity contribution is -0.890. The fourth-order valence-electron chi connectivity index (χ4n) is 3.71. The molecule has 0 rings (SSSR count). The van der Waals surface area contributed by atoms with Crippen molar-refractivity contribution in [2.24, 2.45) is 0 Å². The number of hydrogen-bond donors (Lipinski definition) is 0. The number of likely N-dealkylation sites (N-methyl/N-ethyl adjacent to an activating group) is 1. The molecule has 0 fully saturated rings. The van der Waals surface area contributed by atoms with Gasteiger partial charge < -0.3 is 26.2 Å². The summed E-state index contributed by atoms with van der Waals surface area (Å²) in [6.07, 6.45) is 22.5. The van der Waals surface area contributed by atoms with Crippen LogP contribution in [0.15, 0.2) is 12.2 Å². The van der Waals surface area contributed by atoms with Crippen LogP contribution in [-0.2, 0) is 9.53 Å². The lowest BCUT2D eigenvalue weighted by Crippen LogP contribution is -3.00. The molecule has 0 amide bonds. The number of rotatable bonds is 21. The second kappa shape index (κ2) is 21.9. The van der Waals surface area contributed by atoms with Gasteiger partial charge in [0.2, 0.25) is 0 Å². The van der Waals surface area contributed by atoms with Crippen molar-refractivity contribution >= 4 is 5.97 Å². The van der Waals surface area contributed by atoms with Crippen LogP contribution in [0.4, 0.5) is 0 Å². The molecule has 0 aromatic heterocycles. The molecule has 180 valence electrons. The summed E-state index contributed by atoms with van der Waals surface area (Å²) in [4.78, 5) is 11.4. The minimum atomic E-state index is -0.271.